The summed E-state index contributed by atoms with van der Waals surface area (Å²) in [5.41, 5.74) is 2.40. The van der Waals surface area contributed by atoms with Crippen molar-refractivity contribution in [2.75, 3.05) is 13.2 Å². The van der Waals surface area contributed by atoms with Gasteiger partial charge in [0.15, 0.2) is 0 Å². The molecular weight excluding hydrogens is 156 g/mol. The van der Waals surface area contributed by atoms with Gasteiger partial charge in [-0.1, -0.05) is 6.92 Å². The molecule has 4 nitrogen and oxygen atoms in total. The van der Waals surface area contributed by atoms with Crippen LogP contribution in [0.4, 0.5) is 0 Å². The summed E-state index contributed by atoms with van der Waals surface area (Å²) in [6.07, 6.45) is 1.06. The average Bonchev–Trinajstić information content (AvgIpc) is 2.47. The van der Waals surface area contributed by atoms with Crippen LogP contribution in [-0.4, -0.2) is 25.1 Å². The summed E-state index contributed by atoms with van der Waals surface area (Å²) in [5, 5.41) is 3.12. The van der Waals surface area contributed by atoms with Crippen LogP contribution in [0.3, 0.4) is 0 Å². The lowest BCUT2D eigenvalue weighted by molar-refractivity contribution is -0.135. The van der Waals surface area contributed by atoms with E-state index in [1.165, 1.54) is 0 Å². The lowest BCUT2D eigenvalue weighted by Gasteiger charge is -2.14. The van der Waals surface area contributed by atoms with Crippen LogP contribution in [0.15, 0.2) is 0 Å². The quantitative estimate of drug-likeness (QED) is 0.591. The van der Waals surface area contributed by atoms with E-state index in [4.69, 9.17) is 4.84 Å². The maximum absolute atomic E-state index is 11.3. The number of amides is 1. The zero-order chi connectivity index (χ0) is 8.97. The third-order valence-corrected chi connectivity index (χ3v) is 2.13. The first kappa shape index (κ1) is 9.48. The van der Waals surface area contributed by atoms with Gasteiger partial charge in [0.05, 0.1) is 12.6 Å². The van der Waals surface area contributed by atoms with Crippen LogP contribution in [0.1, 0.15) is 20.3 Å². The summed E-state index contributed by atoms with van der Waals surface area (Å²) >= 11 is 0. The van der Waals surface area contributed by atoms with E-state index >= 15 is 0 Å². The van der Waals surface area contributed by atoms with Crippen LogP contribution in [0.2, 0.25) is 0 Å². The lowest BCUT2D eigenvalue weighted by atomic mass is 10.0. The summed E-state index contributed by atoms with van der Waals surface area (Å²) in [6.45, 7) is 5.33. The van der Waals surface area contributed by atoms with E-state index in [-0.39, 0.29) is 11.9 Å². The maximum atomic E-state index is 11.3. The minimum absolute atomic E-state index is 0.0538. The van der Waals surface area contributed by atoms with E-state index in [1.807, 2.05) is 6.92 Å². The van der Waals surface area contributed by atoms with Gasteiger partial charge in [-0.15, -0.1) is 0 Å². The third kappa shape index (κ3) is 2.19. The molecule has 0 aliphatic carbocycles. The van der Waals surface area contributed by atoms with Crippen molar-refractivity contribution >= 4 is 5.91 Å². The van der Waals surface area contributed by atoms with Crippen molar-refractivity contribution < 1.29 is 9.63 Å². The molecular formula is C8H16N2O2. The van der Waals surface area contributed by atoms with Crippen molar-refractivity contribution in [1.29, 1.82) is 0 Å². The van der Waals surface area contributed by atoms with Crippen LogP contribution in [-0.2, 0) is 9.63 Å². The highest BCUT2D eigenvalue weighted by Gasteiger charge is 2.29. The van der Waals surface area contributed by atoms with Gasteiger partial charge < -0.3 is 5.32 Å². The molecule has 0 spiro atoms. The number of carbonyl (C=O) groups excluding carboxylic acids is 1. The van der Waals surface area contributed by atoms with Crippen molar-refractivity contribution in [3.05, 3.63) is 0 Å². The van der Waals surface area contributed by atoms with E-state index in [0.717, 1.165) is 13.0 Å². The summed E-state index contributed by atoms with van der Waals surface area (Å²) < 4.78 is 0. The number of hydrogen-bond donors (Lipinski definition) is 2. The molecule has 1 amide bonds. The zero-order valence-corrected chi connectivity index (χ0v) is 7.59. The predicted molar refractivity (Wildman–Crippen MR) is 45.3 cm³/mol. The Morgan fingerprint density at radius 3 is 3.00 bits per heavy atom. The molecule has 2 N–H and O–H groups in total. The number of nitrogens with one attached hydrogen (secondary N) is 2. The fourth-order valence-corrected chi connectivity index (χ4v) is 1.39. The van der Waals surface area contributed by atoms with Gasteiger partial charge in [0.1, 0.15) is 0 Å². The second-order valence-corrected chi connectivity index (χ2v) is 3.10. The Labute approximate surface area is 72.6 Å². The Hall–Kier alpha value is -0.610. The van der Waals surface area contributed by atoms with Crippen molar-refractivity contribution in [2.24, 2.45) is 5.92 Å². The fraction of sp³-hybridized carbons (Fsp3) is 0.875. The smallest absolute Gasteiger partial charge is 0.260 e. The number of hydroxylamine groups is 1. The molecule has 1 heterocycles. The molecule has 2 atom stereocenters. The SMILES string of the molecule is CCONC(=O)C1NCCC1C. The molecule has 1 saturated heterocycles. The molecule has 0 radical (unpaired) electrons. The zero-order valence-electron chi connectivity index (χ0n) is 7.59. The topological polar surface area (TPSA) is 50.4 Å². The molecule has 0 aromatic rings. The molecule has 1 aliphatic heterocycles. The molecule has 1 fully saturated rings. The molecule has 1 aliphatic rings. The molecule has 12 heavy (non-hydrogen) atoms. The van der Waals surface area contributed by atoms with Crippen LogP contribution >= 0.6 is 0 Å². The Kier molecular flexibility index (Phi) is 3.49. The number of hydrogen-bond acceptors (Lipinski definition) is 3. The first-order valence-corrected chi connectivity index (χ1v) is 4.40. The maximum Gasteiger partial charge on any atom is 0.260 e. The van der Waals surface area contributed by atoms with Gasteiger partial charge in [-0.2, -0.15) is 0 Å². The van der Waals surface area contributed by atoms with Gasteiger partial charge in [-0.25, -0.2) is 5.48 Å². The van der Waals surface area contributed by atoms with Crippen molar-refractivity contribution in [3.8, 4) is 0 Å². The van der Waals surface area contributed by atoms with Gasteiger partial charge in [0, 0.05) is 0 Å². The minimum atomic E-state index is -0.0726. The van der Waals surface area contributed by atoms with Crippen molar-refractivity contribution in [1.82, 2.24) is 10.8 Å². The largest absolute Gasteiger partial charge is 0.306 e. The Morgan fingerprint density at radius 2 is 2.50 bits per heavy atom. The Morgan fingerprint density at radius 1 is 1.75 bits per heavy atom. The lowest BCUT2D eigenvalue weighted by Crippen LogP contribution is -2.43. The molecule has 0 aromatic carbocycles. The fourth-order valence-electron chi connectivity index (χ4n) is 1.39. The second-order valence-electron chi connectivity index (χ2n) is 3.10. The Bertz CT molecular complexity index is 161. The van der Waals surface area contributed by atoms with Gasteiger partial charge in [0.25, 0.3) is 5.91 Å². The van der Waals surface area contributed by atoms with Gasteiger partial charge in [-0.05, 0) is 25.8 Å². The van der Waals surface area contributed by atoms with Crippen LogP contribution < -0.4 is 10.8 Å². The molecule has 0 aromatic heterocycles. The monoisotopic (exact) mass is 172 g/mol. The first-order valence-electron chi connectivity index (χ1n) is 4.40. The standard InChI is InChI=1S/C8H16N2O2/c1-3-12-10-8(11)7-6(2)4-5-9-7/h6-7,9H,3-5H2,1-2H3,(H,10,11). The number of rotatable bonds is 3. The summed E-state index contributed by atoms with van der Waals surface area (Å²) in [7, 11) is 0. The number of carbonyl (C=O) groups is 1. The highest BCUT2D eigenvalue weighted by Crippen LogP contribution is 2.13. The van der Waals surface area contributed by atoms with Gasteiger partial charge in [0.2, 0.25) is 0 Å². The Balaban J connectivity index is 2.30. The van der Waals surface area contributed by atoms with Gasteiger partial charge in [-0.3, -0.25) is 9.63 Å². The normalized spacial score (nSPS) is 28.8. The van der Waals surface area contributed by atoms with E-state index in [0.29, 0.717) is 12.5 Å². The summed E-state index contributed by atoms with van der Waals surface area (Å²) in [6, 6.07) is -0.0726. The van der Waals surface area contributed by atoms with E-state index < -0.39 is 0 Å². The van der Waals surface area contributed by atoms with E-state index in [1.54, 1.807) is 0 Å². The molecule has 1 rings (SSSR count). The second kappa shape index (κ2) is 4.42. The molecule has 70 valence electrons. The molecule has 2 unspecified atom stereocenters. The summed E-state index contributed by atoms with van der Waals surface area (Å²) in [4.78, 5) is 16.1. The molecule has 0 saturated carbocycles. The van der Waals surface area contributed by atoms with Crippen LogP contribution in [0.25, 0.3) is 0 Å². The summed E-state index contributed by atoms with van der Waals surface area (Å²) in [5.74, 6) is 0.354. The highest BCUT2D eigenvalue weighted by molar-refractivity contribution is 5.81. The third-order valence-electron chi connectivity index (χ3n) is 2.13. The first-order chi connectivity index (χ1) is 5.75. The molecule has 4 heteroatoms. The average molecular weight is 172 g/mol. The minimum Gasteiger partial charge on any atom is -0.306 e. The van der Waals surface area contributed by atoms with Gasteiger partial charge >= 0.3 is 0 Å². The highest BCUT2D eigenvalue weighted by atomic mass is 16.6. The van der Waals surface area contributed by atoms with Crippen molar-refractivity contribution in [2.45, 2.75) is 26.3 Å². The van der Waals surface area contributed by atoms with E-state index in [9.17, 15) is 4.79 Å². The molecule has 0 bridgehead atoms. The van der Waals surface area contributed by atoms with Crippen LogP contribution in [0, 0.1) is 5.92 Å². The van der Waals surface area contributed by atoms with Crippen molar-refractivity contribution in [3.63, 3.8) is 0 Å². The van der Waals surface area contributed by atoms with E-state index in [2.05, 4.69) is 17.7 Å². The predicted octanol–water partition coefficient (Wildman–Crippen LogP) is 0.0521. The van der Waals surface area contributed by atoms with Crippen LogP contribution in [0.5, 0.6) is 0 Å².